The smallest absolute Gasteiger partial charge is 0.138 e. The average Bonchev–Trinajstić information content (AvgIpc) is 2.93. The lowest BCUT2D eigenvalue weighted by Crippen LogP contribution is -2.30. The zero-order chi connectivity index (χ0) is 15.5. The Morgan fingerprint density at radius 2 is 1.81 bits per heavy atom. The molecule has 1 fully saturated rings. The first-order valence-electron chi connectivity index (χ1n) is 7.75. The number of nitrogens with zero attached hydrogens (tertiary/aromatic N) is 2. The molecule has 0 radical (unpaired) electrons. The summed E-state index contributed by atoms with van der Waals surface area (Å²) in [6.45, 7) is 7.42. The SMILES string of the molecule is CNc1cc(NCC2(SC)CCCC2)nc(C(C)(C)C)n1. The minimum Gasteiger partial charge on any atom is -0.373 e. The molecule has 5 heteroatoms. The van der Waals surface area contributed by atoms with Crippen LogP contribution in [0.25, 0.3) is 0 Å². The van der Waals surface area contributed by atoms with Gasteiger partial charge < -0.3 is 10.6 Å². The predicted octanol–water partition coefficient (Wildman–Crippen LogP) is 3.90. The number of nitrogens with one attached hydrogen (secondary N) is 2. The maximum Gasteiger partial charge on any atom is 0.138 e. The fraction of sp³-hybridized carbons (Fsp3) is 0.750. The van der Waals surface area contributed by atoms with Crippen LogP contribution >= 0.6 is 11.8 Å². The average molecular weight is 308 g/mol. The van der Waals surface area contributed by atoms with Crippen molar-refractivity contribution in [1.82, 2.24) is 9.97 Å². The number of hydrogen-bond acceptors (Lipinski definition) is 5. The highest BCUT2D eigenvalue weighted by Gasteiger charge is 2.32. The van der Waals surface area contributed by atoms with E-state index >= 15 is 0 Å². The normalized spacial score (nSPS) is 17.8. The summed E-state index contributed by atoms with van der Waals surface area (Å²) in [6, 6.07) is 2.00. The minimum atomic E-state index is -0.0478. The summed E-state index contributed by atoms with van der Waals surface area (Å²) in [7, 11) is 1.90. The Morgan fingerprint density at radius 3 is 2.33 bits per heavy atom. The van der Waals surface area contributed by atoms with E-state index in [1.165, 1.54) is 25.7 Å². The van der Waals surface area contributed by atoms with E-state index in [-0.39, 0.29) is 5.41 Å². The largest absolute Gasteiger partial charge is 0.373 e. The Bertz CT molecular complexity index is 476. The van der Waals surface area contributed by atoms with Crippen molar-refractivity contribution in [3.05, 3.63) is 11.9 Å². The zero-order valence-corrected chi connectivity index (χ0v) is 14.7. The standard InChI is InChI=1S/C16H28N4S/c1-15(2,3)14-19-12(17-4)10-13(20-14)18-11-16(21-5)8-6-7-9-16/h10H,6-9,11H2,1-5H3,(H2,17,18,19,20). The highest BCUT2D eigenvalue weighted by atomic mass is 32.2. The van der Waals surface area contributed by atoms with Crippen LogP contribution in [0, 0.1) is 0 Å². The zero-order valence-electron chi connectivity index (χ0n) is 13.9. The van der Waals surface area contributed by atoms with Crippen LogP contribution in [-0.4, -0.2) is 34.6 Å². The summed E-state index contributed by atoms with van der Waals surface area (Å²) in [6.07, 6.45) is 7.53. The molecule has 0 saturated heterocycles. The van der Waals surface area contributed by atoms with E-state index in [0.717, 1.165) is 24.0 Å². The molecular weight excluding hydrogens is 280 g/mol. The van der Waals surface area contributed by atoms with Crippen molar-refractivity contribution in [2.45, 2.75) is 56.6 Å². The fourth-order valence-corrected chi connectivity index (χ4v) is 3.64. The van der Waals surface area contributed by atoms with Crippen molar-refractivity contribution in [2.24, 2.45) is 0 Å². The number of hydrogen-bond donors (Lipinski definition) is 2. The first-order valence-corrected chi connectivity index (χ1v) is 8.97. The molecule has 0 aromatic carbocycles. The van der Waals surface area contributed by atoms with E-state index in [1.807, 2.05) is 24.9 Å². The summed E-state index contributed by atoms with van der Waals surface area (Å²) < 4.78 is 0.382. The second kappa shape index (κ2) is 6.42. The summed E-state index contributed by atoms with van der Waals surface area (Å²) in [4.78, 5) is 9.28. The Kier molecular flexibility index (Phi) is 5.02. The Hall–Kier alpha value is -0.970. The fourth-order valence-electron chi connectivity index (χ4n) is 2.73. The third-order valence-corrected chi connectivity index (χ3v) is 5.61. The monoisotopic (exact) mass is 308 g/mol. The molecule has 1 aliphatic carbocycles. The van der Waals surface area contributed by atoms with Gasteiger partial charge in [-0.05, 0) is 19.1 Å². The predicted molar refractivity (Wildman–Crippen MR) is 93.5 cm³/mol. The molecule has 1 aliphatic rings. The van der Waals surface area contributed by atoms with Gasteiger partial charge in [-0.25, -0.2) is 9.97 Å². The van der Waals surface area contributed by atoms with Gasteiger partial charge in [-0.1, -0.05) is 33.6 Å². The van der Waals surface area contributed by atoms with Gasteiger partial charge in [-0.2, -0.15) is 11.8 Å². The van der Waals surface area contributed by atoms with Crippen molar-refractivity contribution in [2.75, 3.05) is 30.5 Å². The molecule has 0 unspecified atom stereocenters. The molecule has 4 nitrogen and oxygen atoms in total. The second-order valence-electron chi connectivity index (χ2n) is 6.91. The third kappa shape index (κ3) is 4.02. The van der Waals surface area contributed by atoms with E-state index in [2.05, 4.69) is 42.6 Å². The molecule has 0 amide bonds. The number of rotatable bonds is 5. The molecule has 0 atom stereocenters. The number of thioether (sulfide) groups is 1. The van der Waals surface area contributed by atoms with Crippen molar-refractivity contribution < 1.29 is 0 Å². The third-order valence-electron chi connectivity index (χ3n) is 4.19. The lowest BCUT2D eigenvalue weighted by Gasteiger charge is -2.27. The van der Waals surface area contributed by atoms with E-state index in [9.17, 15) is 0 Å². The minimum absolute atomic E-state index is 0.0478. The number of aromatic nitrogens is 2. The van der Waals surface area contributed by atoms with Crippen LogP contribution in [0.15, 0.2) is 6.07 Å². The van der Waals surface area contributed by atoms with Gasteiger partial charge in [-0.3, -0.25) is 0 Å². The maximum atomic E-state index is 4.71. The Balaban J connectivity index is 2.15. The quantitative estimate of drug-likeness (QED) is 0.864. The lowest BCUT2D eigenvalue weighted by molar-refractivity contribution is 0.546. The van der Waals surface area contributed by atoms with E-state index in [0.29, 0.717) is 4.75 Å². The molecular formula is C16H28N4S. The van der Waals surface area contributed by atoms with Crippen molar-refractivity contribution in [3.8, 4) is 0 Å². The highest BCUT2D eigenvalue weighted by molar-refractivity contribution is 8.00. The number of anilines is 2. The molecule has 1 heterocycles. The summed E-state index contributed by atoms with van der Waals surface area (Å²) in [5, 5.41) is 6.69. The maximum absolute atomic E-state index is 4.71. The van der Waals surface area contributed by atoms with Crippen LogP contribution in [0.1, 0.15) is 52.3 Å². The molecule has 2 N–H and O–H groups in total. The molecule has 0 aliphatic heterocycles. The molecule has 2 rings (SSSR count). The molecule has 1 aromatic rings. The van der Waals surface area contributed by atoms with Gasteiger partial charge in [0.1, 0.15) is 17.5 Å². The van der Waals surface area contributed by atoms with Crippen molar-refractivity contribution in [1.29, 1.82) is 0 Å². The van der Waals surface area contributed by atoms with Gasteiger partial charge in [0.05, 0.1) is 0 Å². The molecule has 118 valence electrons. The van der Waals surface area contributed by atoms with Crippen LogP contribution in [-0.2, 0) is 5.41 Å². The van der Waals surface area contributed by atoms with E-state index in [1.54, 1.807) is 0 Å². The summed E-state index contributed by atoms with van der Waals surface area (Å²) in [5.41, 5.74) is -0.0478. The van der Waals surface area contributed by atoms with Gasteiger partial charge in [0, 0.05) is 29.8 Å². The second-order valence-corrected chi connectivity index (χ2v) is 8.18. The van der Waals surface area contributed by atoms with E-state index < -0.39 is 0 Å². The van der Waals surface area contributed by atoms with Crippen molar-refractivity contribution in [3.63, 3.8) is 0 Å². The van der Waals surface area contributed by atoms with Gasteiger partial charge >= 0.3 is 0 Å². The van der Waals surface area contributed by atoms with Gasteiger partial charge in [0.25, 0.3) is 0 Å². The highest BCUT2D eigenvalue weighted by Crippen LogP contribution is 2.40. The van der Waals surface area contributed by atoms with Gasteiger partial charge in [0.2, 0.25) is 0 Å². The van der Waals surface area contributed by atoms with Crippen LogP contribution in [0.3, 0.4) is 0 Å². The van der Waals surface area contributed by atoms with Crippen LogP contribution in [0.4, 0.5) is 11.6 Å². The lowest BCUT2D eigenvalue weighted by atomic mass is 9.96. The molecule has 0 spiro atoms. The Morgan fingerprint density at radius 1 is 1.19 bits per heavy atom. The summed E-state index contributed by atoms with van der Waals surface area (Å²) in [5.74, 6) is 2.68. The molecule has 0 bridgehead atoms. The first kappa shape index (κ1) is 16.4. The van der Waals surface area contributed by atoms with Crippen LogP contribution in [0.2, 0.25) is 0 Å². The summed E-state index contributed by atoms with van der Waals surface area (Å²) >= 11 is 2.00. The van der Waals surface area contributed by atoms with Crippen molar-refractivity contribution >= 4 is 23.4 Å². The topological polar surface area (TPSA) is 49.8 Å². The first-order chi connectivity index (χ1) is 9.88. The van der Waals surface area contributed by atoms with Crippen LogP contribution in [0.5, 0.6) is 0 Å². The van der Waals surface area contributed by atoms with Gasteiger partial charge in [0.15, 0.2) is 0 Å². The molecule has 21 heavy (non-hydrogen) atoms. The van der Waals surface area contributed by atoms with Crippen LogP contribution < -0.4 is 10.6 Å². The van der Waals surface area contributed by atoms with Gasteiger partial charge in [-0.15, -0.1) is 0 Å². The molecule has 1 aromatic heterocycles. The van der Waals surface area contributed by atoms with E-state index in [4.69, 9.17) is 4.98 Å². The molecule has 1 saturated carbocycles. The Labute approximate surface area is 132 Å².